The van der Waals surface area contributed by atoms with Crippen LogP contribution in [-0.2, 0) is 21.2 Å². The Labute approximate surface area is 106 Å². The summed E-state index contributed by atoms with van der Waals surface area (Å²) in [5, 5.41) is 8.55. The van der Waals surface area contributed by atoms with Gasteiger partial charge in [0.15, 0.2) is 0 Å². The van der Waals surface area contributed by atoms with Crippen LogP contribution in [0.5, 0.6) is 0 Å². The van der Waals surface area contributed by atoms with Crippen LogP contribution in [0.25, 0.3) is 0 Å². The van der Waals surface area contributed by atoms with Gasteiger partial charge in [0.25, 0.3) is 0 Å². The number of sulfonamides is 1. The van der Waals surface area contributed by atoms with E-state index in [4.69, 9.17) is 0 Å². The fourth-order valence-electron chi connectivity index (χ4n) is 2.09. The fourth-order valence-corrected chi connectivity index (χ4v) is 3.51. The smallest absolute Gasteiger partial charge is 0.327 e. The number of nitrogens with zero attached hydrogens (tertiary/aromatic N) is 1. The molecular weight excluding hydrogens is 254 g/mol. The lowest BCUT2D eigenvalue weighted by molar-refractivity contribution is -0.138. The van der Waals surface area contributed by atoms with Crippen molar-refractivity contribution in [3.05, 3.63) is 29.8 Å². The number of benzene rings is 1. The van der Waals surface area contributed by atoms with Crippen molar-refractivity contribution in [2.24, 2.45) is 0 Å². The summed E-state index contributed by atoms with van der Waals surface area (Å²) in [7, 11) is -3.63. The molecule has 1 atom stereocenters. The zero-order valence-corrected chi connectivity index (χ0v) is 11.0. The Kier molecular flexibility index (Phi) is 3.06. The van der Waals surface area contributed by atoms with E-state index in [1.54, 1.807) is 38.1 Å². The van der Waals surface area contributed by atoms with E-state index in [2.05, 4.69) is 0 Å². The summed E-state index contributed by atoms with van der Waals surface area (Å²) in [4.78, 5) is 11.2. The van der Waals surface area contributed by atoms with E-state index in [0.29, 0.717) is 5.69 Å². The van der Waals surface area contributed by atoms with Gasteiger partial charge in [-0.3, -0.25) is 4.31 Å². The van der Waals surface area contributed by atoms with Gasteiger partial charge in [0.1, 0.15) is 6.04 Å². The number of carbonyl (C=O) groups is 1. The Morgan fingerprint density at radius 2 is 2.00 bits per heavy atom. The highest BCUT2D eigenvalue weighted by Gasteiger charge is 2.42. The lowest BCUT2D eigenvalue weighted by Gasteiger charge is -2.26. The van der Waals surface area contributed by atoms with Crippen LogP contribution < -0.4 is 4.31 Å². The first-order chi connectivity index (χ1) is 8.35. The number of anilines is 1. The first-order valence-corrected chi connectivity index (χ1v) is 7.20. The number of rotatable bonds is 3. The number of para-hydroxylation sites is 1. The molecule has 0 bridgehead atoms. The highest BCUT2D eigenvalue weighted by atomic mass is 32.2. The van der Waals surface area contributed by atoms with Crippen molar-refractivity contribution < 1.29 is 18.3 Å². The average Bonchev–Trinajstić information content (AvgIpc) is 2.68. The summed E-state index contributed by atoms with van der Waals surface area (Å²) in [6, 6.07) is 5.88. The molecule has 0 aliphatic carbocycles. The van der Waals surface area contributed by atoms with Crippen LogP contribution in [0, 0.1) is 0 Å². The molecule has 2 rings (SSSR count). The van der Waals surface area contributed by atoms with Crippen molar-refractivity contribution >= 4 is 21.7 Å². The number of hydrogen-bond acceptors (Lipinski definition) is 3. The van der Waals surface area contributed by atoms with Gasteiger partial charge < -0.3 is 5.11 Å². The van der Waals surface area contributed by atoms with Gasteiger partial charge in [0.05, 0.1) is 10.9 Å². The quantitative estimate of drug-likeness (QED) is 0.896. The van der Waals surface area contributed by atoms with Crippen molar-refractivity contribution in [3.8, 4) is 0 Å². The molecule has 1 aliphatic heterocycles. The van der Waals surface area contributed by atoms with Crippen LogP contribution >= 0.6 is 0 Å². The minimum absolute atomic E-state index is 0.220. The summed E-state index contributed by atoms with van der Waals surface area (Å²) >= 11 is 0. The normalized spacial score (nSPS) is 19.1. The van der Waals surface area contributed by atoms with Crippen molar-refractivity contribution in [1.82, 2.24) is 0 Å². The summed E-state index contributed by atoms with van der Waals surface area (Å²) < 4.78 is 25.6. The van der Waals surface area contributed by atoms with Crippen LogP contribution in [0.1, 0.15) is 19.4 Å². The summed E-state index contributed by atoms with van der Waals surface area (Å²) in [5.74, 6) is -1.12. The van der Waals surface area contributed by atoms with E-state index in [9.17, 15) is 18.3 Å². The first kappa shape index (κ1) is 12.9. The Morgan fingerprint density at radius 1 is 1.39 bits per heavy atom. The molecule has 0 amide bonds. The summed E-state index contributed by atoms with van der Waals surface area (Å²) in [6.07, 6.45) is 0.220. The van der Waals surface area contributed by atoms with Crippen LogP contribution in [-0.4, -0.2) is 30.8 Å². The number of carboxylic acid groups (broad SMARTS) is 1. The Balaban J connectivity index is 2.57. The zero-order chi connectivity index (χ0) is 13.5. The third-order valence-corrected chi connectivity index (χ3v) is 5.27. The molecule has 0 aromatic heterocycles. The SMILES string of the molecule is CC(C)S(=O)(=O)N1c2ccccc2C[C@H]1C(=O)O. The second-order valence-electron chi connectivity index (χ2n) is 4.58. The van der Waals surface area contributed by atoms with Gasteiger partial charge in [0, 0.05) is 6.42 Å². The summed E-state index contributed by atoms with van der Waals surface area (Å²) in [5.41, 5.74) is 1.24. The lowest BCUT2D eigenvalue weighted by Crippen LogP contribution is -2.45. The molecular formula is C12H15NO4S. The van der Waals surface area contributed by atoms with Gasteiger partial charge >= 0.3 is 5.97 Å². The highest BCUT2D eigenvalue weighted by molar-refractivity contribution is 7.93. The molecule has 1 aliphatic rings. The molecule has 0 radical (unpaired) electrons. The molecule has 1 aromatic carbocycles. The lowest BCUT2D eigenvalue weighted by atomic mass is 10.1. The van der Waals surface area contributed by atoms with E-state index in [1.807, 2.05) is 0 Å². The number of carboxylic acids is 1. The van der Waals surface area contributed by atoms with Crippen LogP contribution in [0.3, 0.4) is 0 Å². The van der Waals surface area contributed by atoms with Crippen molar-refractivity contribution in [1.29, 1.82) is 0 Å². The third kappa shape index (κ3) is 1.86. The van der Waals surface area contributed by atoms with E-state index in [1.165, 1.54) is 0 Å². The van der Waals surface area contributed by atoms with Gasteiger partial charge in [0.2, 0.25) is 10.0 Å². The van der Waals surface area contributed by atoms with Crippen LogP contribution in [0.2, 0.25) is 0 Å². The minimum Gasteiger partial charge on any atom is -0.480 e. The fraction of sp³-hybridized carbons (Fsp3) is 0.417. The maximum Gasteiger partial charge on any atom is 0.327 e. The van der Waals surface area contributed by atoms with E-state index < -0.39 is 27.3 Å². The maximum atomic E-state index is 12.3. The second kappa shape index (κ2) is 4.28. The third-order valence-electron chi connectivity index (χ3n) is 3.08. The second-order valence-corrected chi connectivity index (χ2v) is 6.94. The molecule has 5 nitrogen and oxygen atoms in total. The Morgan fingerprint density at radius 3 is 2.56 bits per heavy atom. The molecule has 1 N–H and O–H groups in total. The maximum absolute atomic E-state index is 12.3. The largest absolute Gasteiger partial charge is 0.480 e. The van der Waals surface area contributed by atoms with E-state index in [-0.39, 0.29) is 6.42 Å². The molecule has 1 heterocycles. The van der Waals surface area contributed by atoms with Gasteiger partial charge in [-0.15, -0.1) is 0 Å². The monoisotopic (exact) mass is 269 g/mol. The molecule has 0 fully saturated rings. The minimum atomic E-state index is -3.63. The topological polar surface area (TPSA) is 74.7 Å². The Hall–Kier alpha value is -1.56. The number of hydrogen-bond donors (Lipinski definition) is 1. The highest BCUT2D eigenvalue weighted by Crippen LogP contribution is 2.35. The van der Waals surface area contributed by atoms with Crippen molar-refractivity contribution in [2.75, 3.05) is 4.31 Å². The van der Waals surface area contributed by atoms with Crippen molar-refractivity contribution in [3.63, 3.8) is 0 Å². The number of fused-ring (bicyclic) bond motifs is 1. The van der Waals surface area contributed by atoms with Gasteiger partial charge in [-0.25, -0.2) is 13.2 Å². The average molecular weight is 269 g/mol. The molecule has 98 valence electrons. The zero-order valence-electron chi connectivity index (χ0n) is 10.2. The molecule has 0 unspecified atom stereocenters. The molecule has 0 spiro atoms. The predicted octanol–water partition coefficient (Wildman–Crippen LogP) is 1.24. The van der Waals surface area contributed by atoms with Crippen LogP contribution in [0.15, 0.2) is 24.3 Å². The van der Waals surface area contributed by atoms with E-state index in [0.717, 1.165) is 9.87 Å². The number of aliphatic carboxylic acids is 1. The molecule has 0 saturated heterocycles. The molecule has 18 heavy (non-hydrogen) atoms. The van der Waals surface area contributed by atoms with E-state index >= 15 is 0 Å². The van der Waals surface area contributed by atoms with Gasteiger partial charge in [-0.1, -0.05) is 18.2 Å². The molecule has 0 saturated carbocycles. The first-order valence-electron chi connectivity index (χ1n) is 5.69. The Bertz CT molecular complexity index is 579. The molecule has 1 aromatic rings. The summed E-state index contributed by atoms with van der Waals surface area (Å²) in [6.45, 7) is 3.10. The van der Waals surface area contributed by atoms with Gasteiger partial charge in [-0.2, -0.15) is 0 Å². The molecule has 6 heteroatoms. The van der Waals surface area contributed by atoms with Crippen molar-refractivity contribution in [2.45, 2.75) is 31.6 Å². The van der Waals surface area contributed by atoms with Gasteiger partial charge in [-0.05, 0) is 25.5 Å². The van der Waals surface area contributed by atoms with Crippen LogP contribution in [0.4, 0.5) is 5.69 Å². The standard InChI is InChI=1S/C12H15NO4S/c1-8(2)18(16,17)13-10-6-4-3-5-9(10)7-11(13)12(14)15/h3-6,8,11H,7H2,1-2H3,(H,14,15)/t11-/m0/s1. The predicted molar refractivity (Wildman–Crippen MR) is 68.1 cm³/mol.